The number of fused-ring (bicyclic) bond motifs is 1. The van der Waals surface area contributed by atoms with Gasteiger partial charge in [0.1, 0.15) is 6.33 Å². The second-order valence-electron chi connectivity index (χ2n) is 5.62. The maximum atomic E-state index is 6.54. The first-order chi connectivity index (χ1) is 8.58. The van der Waals surface area contributed by atoms with Gasteiger partial charge >= 0.3 is 0 Å². The summed E-state index contributed by atoms with van der Waals surface area (Å²) in [6.45, 7) is 4.24. The third kappa shape index (κ3) is 1.79. The first-order valence-corrected chi connectivity index (χ1v) is 6.55. The van der Waals surface area contributed by atoms with Crippen LogP contribution in [0.5, 0.6) is 0 Å². The Balaban J connectivity index is 2.04. The van der Waals surface area contributed by atoms with E-state index in [4.69, 9.17) is 5.73 Å². The van der Waals surface area contributed by atoms with E-state index < -0.39 is 0 Å². The van der Waals surface area contributed by atoms with Gasteiger partial charge in [0, 0.05) is 11.8 Å². The quantitative estimate of drug-likeness (QED) is 0.831. The fraction of sp³-hybridized carbons (Fsp3) is 0.615. The maximum Gasteiger partial charge on any atom is 0.163 e. The molecule has 0 unspecified atom stereocenters. The summed E-state index contributed by atoms with van der Waals surface area (Å²) < 4.78 is 1.93. The highest BCUT2D eigenvalue weighted by molar-refractivity contribution is 5.39. The van der Waals surface area contributed by atoms with Gasteiger partial charge in [-0.3, -0.25) is 4.40 Å². The Kier molecular flexibility index (Phi) is 2.59. The topological polar surface area (TPSA) is 69.1 Å². The Labute approximate surface area is 106 Å². The number of nitrogens with two attached hydrogens (primary N) is 1. The summed E-state index contributed by atoms with van der Waals surface area (Å²) in [6.07, 6.45) is 6.05. The number of hydrogen-bond acceptors (Lipinski definition) is 4. The van der Waals surface area contributed by atoms with Crippen molar-refractivity contribution in [3.8, 4) is 0 Å². The van der Waals surface area contributed by atoms with Crippen LogP contribution in [0, 0.1) is 12.8 Å². The van der Waals surface area contributed by atoms with Crippen molar-refractivity contribution in [3.63, 3.8) is 0 Å². The lowest BCUT2D eigenvalue weighted by Gasteiger charge is -2.34. The monoisotopic (exact) mass is 245 g/mol. The van der Waals surface area contributed by atoms with E-state index in [-0.39, 0.29) is 5.54 Å². The number of hydrogen-bond donors (Lipinski definition) is 1. The van der Waals surface area contributed by atoms with Crippen molar-refractivity contribution in [2.24, 2.45) is 11.7 Å². The summed E-state index contributed by atoms with van der Waals surface area (Å²) in [4.78, 5) is 4.31. The van der Waals surface area contributed by atoms with E-state index in [1.165, 1.54) is 0 Å². The molecule has 1 saturated carbocycles. The van der Waals surface area contributed by atoms with Crippen LogP contribution < -0.4 is 5.73 Å². The van der Waals surface area contributed by atoms with Gasteiger partial charge in [-0.05, 0) is 38.5 Å². The molecule has 2 heterocycles. The lowest BCUT2D eigenvalue weighted by atomic mass is 9.77. The molecule has 5 heteroatoms. The molecule has 96 valence electrons. The first-order valence-electron chi connectivity index (χ1n) is 6.55. The zero-order valence-corrected chi connectivity index (χ0v) is 10.9. The highest BCUT2D eigenvalue weighted by Gasteiger charge is 2.36. The highest BCUT2D eigenvalue weighted by Crippen LogP contribution is 2.36. The minimum Gasteiger partial charge on any atom is -0.319 e. The van der Waals surface area contributed by atoms with Crippen molar-refractivity contribution >= 4 is 5.65 Å². The van der Waals surface area contributed by atoms with Gasteiger partial charge in [0.2, 0.25) is 0 Å². The summed E-state index contributed by atoms with van der Waals surface area (Å²) in [6, 6.07) is 1.94. The minimum absolute atomic E-state index is 0.344. The van der Waals surface area contributed by atoms with Gasteiger partial charge in [0.25, 0.3) is 0 Å². The third-order valence-corrected chi connectivity index (χ3v) is 4.05. The molecule has 1 fully saturated rings. The molecule has 0 amide bonds. The molecule has 1 aliphatic carbocycles. The maximum absolute atomic E-state index is 6.54. The molecule has 0 spiro atoms. The Hall–Kier alpha value is -1.49. The molecule has 0 aromatic carbocycles. The summed E-state index contributed by atoms with van der Waals surface area (Å²) >= 11 is 0. The second kappa shape index (κ2) is 4.02. The van der Waals surface area contributed by atoms with Crippen molar-refractivity contribution in [1.29, 1.82) is 0 Å². The van der Waals surface area contributed by atoms with Crippen LogP contribution in [0.3, 0.4) is 0 Å². The predicted molar refractivity (Wildman–Crippen MR) is 69.0 cm³/mol. The van der Waals surface area contributed by atoms with Gasteiger partial charge in [-0.2, -0.15) is 0 Å². The van der Waals surface area contributed by atoms with E-state index in [9.17, 15) is 0 Å². The Bertz CT molecular complexity index is 566. The fourth-order valence-corrected chi connectivity index (χ4v) is 2.73. The molecule has 3 rings (SSSR count). The Morgan fingerprint density at radius 1 is 1.33 bits per heavy atom. The normalized spacial score (nSPS) is 28.7. The van der Waals surface area contributed by atoms with Crippen LogP contribution in [-0.4, -0.2) is 19.6 Å². The van der Waals surface area contributed by atoms with E-state index in [0.717, 1.165) is 48.8 Å². The van der Waals surface area contributed by atoms with Crippen LogP contribution in [-0.2, 0) is 5.54 Å². The van der Waals surface area contributed by atoms with Gasteiger partial charge < -0.3 is 5.73 Å². The number of nitrogens with zero attached hydrogens (tertiary/aromatic N) is 4. The van der Waals surface area contributed by atoms with Gasteiger partial charge in [-0.15, -0.1) is 10.2 Å². The van der Waals surface area contributed by atoms with Crippen molar-refractivity contribution in [2.45, 2.75) is 45.1 Å². The van der Waals surface area contributed by atoms with Gasteiger partial charge in [-0.1, -0.05) is 6.92 Å². The summed E-state index contributed by atoms with van der Waals surface area (Å²) in [5.41, 5.74) is 7.98. The fourth-order valence-electron chi connectivity index (χ4n) is 2.73. The highest BCUT2D eigenvalue weighted by atomic mass is 15.3. The Morgan fingerprint density at radius 2 is 2.06 bits per heavy atom. The molecule has 0 aliphatic heterocycles. The summed E-state index contributed by atoms with van der Waals surface area (Å²) in [5.74, 6) is 1.62. The standard InChI is InChI=1S/C13H19N5/c1-9-3-5-13(14,6-4-9)12-17-16-11-7-10(2)15-8-18(11)12/h7-9H,3-6,14H2,1-2H3. The van der Waals surface area contributed by atoms with Crippen molar-refractivity contribution in [3.05, 3.63) is 23.9 Å². The van der Waals surface area contributed by atoms with Crippen LogP contribution in [0.4, 0.5) is 0 Å². The lowest BCUT2D eigenvalue weighted by molar-refractivity contribution is 0.235. The molecule has 0 saturated heterocycles. The Morgan fingerprint density at radius 3 is 2.78 bits per heavy atom. The average molecular weight is 245 g/mol. The van der Waals surface area contributed by atoms with Crippen LogP contribution in [0.25, 0.3) is 5.65 Å². The molecule has 18 heavy (non-hydrogen) atoms. The molecule has 5 nitrogen and oxygen atoms in total. The smallest absolute Gasteiger partial charge is 0.163 e. The third-order valence-electron chi connectivity index (χ3n) is 4.05. The molecular weight excluding hydrogens is 226 g/mol. The predicted octanol–water partition coefficient (Wildman–Crippen LogP) is 1.80. The van der Waals surface area contributed by atoms with Gasteiger partial charge in [0.05, 0.1) is 5.54 Å². The number of rotatable bonds is 1. The molecule has 2 aromatic rings. The van der Waals surface area contributed by atoms with Crippen LogP contribution in [0.2, 0.25) is 0 Å². The first kappa shape index (κ1) is 11.6. The van der Waals surface area contributed by atoms with Gasteiger partial charge in [-0.25, -0.2) is 4.98 Å². The molecule has 0 bridgehead atoms. The average Bonchev–Trinajstić information content (AvgIpc) is 2.76. The molecule has 2 aromatic heterocycles. The van der Waals surface area contributed by atoms with E-state index >= 15 is 0 Å². The van der Waals surface area contributed by atoms with Gasteiger partial charge in [0.15, 0.2) is 11.5 Å². The van der Waals surface area contributed by atoms with E-state index in [2.05, 4.69) is 22.1 Å². The SMILES string of the molecule is Cc1cc2nnc(C3(N)CCC(C)CC3)n2cn1. The van der Waals surface area contributed by atoms with Crippen molar-refractivity contribution < 1.29 is 0 Å². The van der Waals surface area contributed by atoms with E-state index in [1.807, 2.05) is 17.4 Å². The zero-order valence-electron chi connectivity index (χ0n) is 10.9. The number of aromatic nitrogens is 4. The van der Waals surface area contributed by atoms with E-state index in [0.29, 0.717) is 0 Å². The van der Waals surface area contributed by atoms with Crippen LogP contribution >= 0.6 is 0 Å². The molecule has 2 N–H and O–H groups in total. The van der Waals surface area contributed by atoms with Crippen molar-refractivity contribution in [2.75, 3.05) is 0 Å². The second-order valence-corrected chi connectivity index (χ2v) is 5.62. The molecule has 0 atom stereocenters. The molecular formula is C13H19N5. The van der Waals surface area contributed by atoms with Crippen LogP contribution in [0.15, 0.2) is 12.4 Å². The lowest BCUT2D eigenvalue weighted by Crippen LogP contribution is -2.41. The summed E-state index contributed by atoms with van der Waals surface area (Å²) in [5, 5.41) is 8.52. The molecule has 0 radical (unpaired) electrons. The summed E-state index contributed by atoms with van der Waals surface area (Å²) in [7, 11) is 0. The molecule has 1 aliphatic rings. The minimum atomic E-state index is -0.344. The zero-order chi connectivity index (χ0) is 12.8. The van der Waals surface area contributed by atoms with Crippen LogP contribution in [0.1, 0.15) is 44.1 Å². The largest absolute Gasteiger partial charge is 0.319 e. The van der Waals surface area contributed by atoms with Crippen molar-refractivity contribution in [1.82, 2.24) is 19.6 Å². The number of aryl methyl sites for hydroxylation is 1. The van der Waals surface area contributed by atoms with E-state index in [1.54, 1.807) is 6.33 Å².